The topological polar surface area (TPSA) is 60.2 Å². The second-order valence-electron chi connectivity index (χ2n) is 2.72. The van der Waals surface area contributed by atoms with Crippen molar-refractivity contribution in [1.82, 2.24) is 0 Å². The van der Waals surface area contributed by atoms with E-state index in [9.17, 15) is 8.42 Å². The Morgan fingerprint density at radius 3 is 2.00 bits per heavy atom. The third kappa shape index (κ3) is 2.11. The smallest absolute Gasteiger partial charge is 0.152 e. The molecule has 1 saturated heterocycles. The number of halogens is 1. The molecule has 0 aliphatic carbocycles. The Labute approximate surface area is 67.3 Å². The van der Waals surface area contributed by atoms with Gasteiger partial charge in [0.25, 0.3) is 0 Å². The van der Waals surface area contributed by atoms with Crippen molar-refractivity contribution in [3.63, 3.8) is 0 Å². The summed E-state index contributed by atoms with van der Waals surface area (Å²) in [4.78, 5) is 0. The third-order valence-electron chi connectivity index (χ3n) is 1.69. The van der Waals surface area contributed by atoms with Crippen LogP contribution in [0, 0.1) is 5.92 Å². The molecular formula is C5H12ClNO2S. The molecule has 0 spiro atoms. The minimum absolute atomic E-state index is 0. The highest BCUT2D eigenvalue weighted by molar-refractivity contribution is 7.91. The van der Waals surface area contributed by atoms with Crippen molar-refractivity contribution in [2.45, 2.75) is 13.0 Å². The maximum Gasteiger partial charge on any atom is 0.152 e. The minimum Gasteiger partial charge on any atom is -0.327 e. The molecule has 0 saturated carbocycles. The maximum atomic E-state index is 10.8. The molecule has 2 N–H and O–H groups in total. The van der Waals surface area contributed by atoms with E-state index in [1.165, 1.54) is 0 Å². The van der Waals surface area contributed by atoms with Gasteiger partial charge in [-0.25, -0.2) is 8.42 Å². The summed E-state index contributed by atoms with van der Waals surface area (Å²) in [5.74, 6) is 0.595. The summed E-state index contributed by atoms with van der Waals surface area (Å²) in [5, 5.41) is 0. The van der Waals surface area contributed by atoms with Crippen LogP contribution in [0.5, 0.6) is 0 Å². The highest BCUT2D eigenvalue weighted by atomic mass is 35.5. The van der Waals surface area contributed by atoms with Crippen LogP contribution in [0.3, 0.4) is 0 Å². The van der Waals surface area contributed by atoms with Crippen LogP contribution in [0.4, 0.5) is 0 Å². The first-order valence-electron chi connectivity index (χ1n) is 2.97. The van der Waals surface area contributed by atoms with Gasteiger partial charge in [0.1, 0.15) is 0 Å². The van der Waals surface area contributed by atoms with Gasteiger partial charge in [0.15, 0.2) is 9.84 Å². The van der Waals surface area contributed by atoms with E-state index in [0.29, 0.717) is 0 Å². The van der Waals surface area contributed by atoms with Gasteiger partial charge in [-0.15, -0.1) is 12.4 Å². The van der Waals surface area contributed by atoms with Crippen LogP contribution in [-0.2, 0) is 9.84 Å². The highest BCUT2D eigenvalue weighted by Gasteiger charge is 2.31. The fourth-order valence-corrected chi connectivity index (χ4v) is 3.15. The highest BCUT2D eigenvalue weighted by Crippen LogP contribution is 2.15. The lowest BCUT2D eigenvalue weighted by Gasteiger charge is -2.02. The molecule has 1 aliphatic rings. The van der Waals surface area contributed by atoms with Crippen molar-refractivity contribution in [3.8, 4) is 0 Å². The first-order chi connectivity index (χ1) is 4.01. The Kier molecular flexibility index (Phi) is 3.13. The van der Waals surface area contributed by atoms with E-state index in [1.807, 2.05) is 6.92 Å². The lowest BCUT2D eigenvalue weighted by Crippen LogP contribution is -2.26. The fourth-order valence-electron chi connectivity index (χ4n) is 1.05. The molecule has 2 atom stereocenters. The molecule has 1 rings (SSSR count). The number of nitrogens with two attached hydrogens (primary N) is 1. The van der Waals surface area contributed by atoms with Gasteiger partial charge in [0.2, 0.25) is 0 Å². The van der Waals surface area contributed by atoms with E-state index in [-0.39, 0.29) is 35.9 Å². The van der Waals surface area contributed by atoms with Gasteiger partial charge >= 0.3 is 0 Å². The van der Waals surface area contributed by atoms with Crippen LogP contribution >= 0.6 is 12.4 Å². The summed E-state index contributed by atoms with van der Waals surface area (Å²) >= 11 is 0. The quantitative estimate of drug-likeness (QED) is 0.569. The van der Waals surface area contributed by atoms with Crippen LogP contribution in [0.15, 0.2) is 0 Å². The molecule has 0 radical (unpaired) electrons. The van der Waals surface area contributed by atoms with Crippen molar-refractivity contribution in [1.29, 1.82) is 0 Å². The first kappa shape index (κ1) is 10.2. The number of rotatable bonds is 0. The number of hydrogen-bond acceptors (Lipinski definition) is 3. The van der Waals surface area contributed by atoms with Crippen LogP contribution in [0.2, 0.25) is 0 Å². The van der Waals surface area contributed by atoms with Gasteiger partial charge in [0, 0.05) is 6.04 Å². The van der Waals surface area contributed by atoms with Gasteiger partial charge < -0.3 is 5.73 Å². The Morgan fingerprint density at radius 1 is 1.40 bits per heavy atom. The second kappa shape index (κ2) is 3.07. The van der Waals surface area contributed by atoms with Gasteiger partial charge in [-0.2, -0.15) is 0 Å². The van der Waals surface area contributed by atoms with Crippen LogP contribution in [0.25, 0.3) is 0 Å². The van der Waals surface area contributed by atoms with E-state index >= 15 is 0 Å². The number of sulfone groups is 1. The Balaban J connectivity index is 0.000000810. The zero-order chi connectivity index (χ0) is 7.07. The molecule has 1 heterocycles. The summed E-state index contributed by atoms with van der Waals surface area (Å²) in [7, 11) is -2.77. The zero-order valence-electron chi connectivity index (χ0n) is 5.78. The summed E-state index contributed by atoms with van der Waals surface area (Å²) in [5.41, 5.74) is 5.47. The van der Waals surface area contributed by atoms with E-state index in [2.05, 4.69) is 0 Å². The van der Waals surface area contributed by atoms with E-state index in [4.69, 9.17) is 5.73 Å². The molecule has 0 aromatic rings. The first-order valence-corrected chi connectivity index (χ1v) is 4.79. The average Bonchev–Trinajstić information content (AvgIpc) is 1.79. The Bertz CT molecular complexity index is 186. The summed E-state index contributed by atoms with van der Waals surface area (Å²) < 4.78 is 21.5. The zero-order valence-corrected chi connectivity index (χ0v) is 7.41. The Hall–Kier alpha value is 0.200. The van der Waals surface area contributed by atoms with Crippen molar-refractivity contribution in [2.24, 2.45) is 11.7 Å². The van der Waals surface area contributed by atoms with Gasteiger partial charge in [-0.05, 0) is 5.92 Å². The molecule has 0 aromatic heterocycles. The summed E-state index contributed by atoms with van der Waals surface area (Å²) in [6.07, 6.45) is 0. The van der Waals surface area contributed by atoms with Gasteiger partial charge in [-0.1, -0.05) is 6.92 Å². The molecule has 3 nitrogen and oxygen atoms in total. The lowest BCUT2D eigenvalue weighted by molar-refractivity contribution is 0.566. The molecule has 1 fully saturated rings. The molecule has 0 bridgehead atoms. The Morgan fingerprint density at radius 2 is 1.90 bits per heavy atom. The summed E-state index contributed by atoms with van der Waals surface area (Å²) in [6.45, 7) is 1.87. The van der Waals surface area contributed by atoms with Gasteiger partial charge in [-0.3, -0.25) is 0 Å². The molecule has 5 heteroatoms. The predicted molar refractivity (Wildman–Crippen MR) is 43.0 cm³/mol. The maximum absolute atomic E-state index is 10.8. The van der Waals surface area contributed by atoms with Crippen molar-refractivity contribution >= 4 is 22.2 Å². The van der Waals surface area contributed by atoms with Crippen LogP contribution < -0.4 is 5.73 Å². The van der Waals surface area contributed by atoms with Crippen LogP contribution in [0.1, 0.15) is 6.92 Å². The lowest BCUT2D eigenvalue weighted by atomic mass is 10.1. The third-order valence-corrected chi connectivity index (χ3v) is 3.62. The number of hydrogen-bond donors (Lipinski definition) is 1. The van der Waals surface area contributed by atoms with E-state index < -0.39 is 9.84 Å². The average molecular weight is 186 g/mol. The molecule has 0 aromatic carbocycles. The van der Waals surface area contributed by atoms with Crippen molar-refractivity contribution in [2.75, 3.05) is 11.5 Å². The monoisotopic (exact) mass is 185 g/mol. The molecule has 1 aliphatic heterocycles. The van der Waals surface area contributed by atoms with E-state index in [1.54, 1.807) is 0 Å². The van der Waals surface area contributed by atoms with Crippen LogP contribution in [-0.4, -0.2) is 26.0 Å². The van der Waals surface area contributed by atoms with Crippen molar-refractivity contribution < 1.29 is 8.42 Å². The molecule has 0 unspecified atom stereocenters. The van der Waals surface area contributed by atoms with Gasteiger partial charge in [0.05, 0.1) is 11.5 Å². The standard InChI is InChI=1S/C5H11NO2S.ClH/c1-4-2-9(7,8)3-5(4)6;/h4-5H,2-3,6H2,1H3;1H/t4-,5+;/m0./s1. The SMILES string of the molecule is C[C@H]1CS(=O)(=O)C[C@H]1N.Cl. The minimum atomic E-state index is -2.77. The second-order valence-corrected chi connectivity index (χ2v) is 4.87. The molecular weight excluding hydrogens is 174 g/mol. The van der Waals surface area contributed by atoms with Crippen molar-refractivity contribution in [3.05, 3.63) is 0 Å². The predicted octanol–water partition coefficient (Wildman–Crippen LogP) is -0.200. The summed E-state index contributed by atoms with van der Waals surface area (Å²) in [6, 6.07) is -0.130. The fraction of sp³-hybridized carbons (Fsp3) is 1.00. The molecule has 0 amide bonds. The molecule has 62 valence electrons. The normalized spacial score (nSPS) is 37.0. The largest absolute Gasteiger partial charge is 0.327 e. The van der Waals surface area contributed by atoms with E-state index in [0.717, 1.165) is 0 Å². The molecule has 10 heavy (non-hydrogen) atoms.